The van der Waals surface area contributed by atoms with Crippen LogP contribution in [0.4, 0.5) is 27.6 Å². The summed E-state index contributed by atoms with van der Waals surface area (Å²) >= 11 is 0. The number of carbonyl (C=O) groups excluding carboxylic acids is 1. The van der Waals surface area contributed by atoms with Crippen LogP contribution in [-0.4, -0.2) is 13.0 Å². The monoisotopic (exact) mass is 423 g/mol. The zero-order chi connectivity index (χ0) is 21.9. The average molecular weight is 423 g/mol. The molecule has 30 heavy (non-hydrogen) atoms. The Bertz CT molecular complexity index is 1080. The van der Waals surface area contributed by atoms with E-state index in [1.807, 2.05) is 0 Å². The van der Waals surface area contributed by atoms with Gasteiger partial charge in [0.15, 0.2) is 0 Å². The van der Waals surface area contributed by atoms with Crippen molar-refractivity contribution in [3.63, 3.8) is 0 Å². The van der Waals surface area contributed by atoms with Gasteiger partial charge in [-0.25, -0.2) is 8.78 Å². The number of amides is 1. The maximum Gasteiger partial charge on any atom is 0.416 e. The van der Waals surface area contributed by atoms with Crippen LogP contribution in [0, 0.1) is 11.6 Å². The summed E-state index contributed by atoms with van der Waals surface area (Å²) in [4.78, 5) is 12.7. The Balaban J connectivity index is 1.94. The van der Waals surface area contributed by atoms with E-state index < -0.39 is 29.3 Å². The molecule has 9 heteroatoms. The summed E-state index contributed by atoms with van der Waals surface area (Å²) in [6.07, 6.45) is -4.57. The first-order valence-electron chi connectivity index (χ1n) is 8.47. The van der Waals surface area contributed by atoms with E-state index in [1.54, 1.807) is 0 Å². The topological polar surface area (TPSA) is 47.6 Å². The Hall–Kier alpha value is -3.62. The number of hydrogen-bond acceptors (Lipinski definition) is 3. The lowest BCUT2D eigenvalue weighted by Gasteiger charge is -2.14. The third kappa shape index (κ3) is 4.86. The molecule has 0 aromatic heterocycles. The van der Waals surface area contributed by atoms with Gasteiger partial charge in [-0.1, -0.05) is 6.07 Å². The largest absolute Gasteiger partial charge is 0.497 e. The summed E-state index contributed by atoms with van der Waals surface area (Å²) in [5.41, 5.74) is -1.34. The molecule has 0 radical (unpaired) electrons. The van der Waals surface area contributed by atoms with Crippen LogP contribution in [0.3, 0.4) is 0 Å². The first-order valence-corrected chi connectivity index (χ1v) is 8.47. The second kappa shape index (κ2) is 8.40. The number of alkyl halides is 3. The van der Waals surface area contributed by atoms with Gasteiger partial charge in [-0.05, 0) is 48.5 Å². The Labute approximate surface area is 167 Å². The van der Waals surface area contributed by atoms with Crippen molar-refractivity contribution < 1.29 is 36.2 Å². The Morgan fingerprint density at radius 1 is 0.933 bits per heavy atom. The molecule has 3 rings (SSSR count). The van der Waals surface area contributed by atoms with Gasteiger partial charge in [-0.3, -0.25) is 4.79 Å². The molecule has 0 aliphatic rings. The van der Waals surface area contributed by atoms with Gasteiger partial charge in [-0.15, -0.1) is 0 Å². The second-order valence-corrected chi connectivity index (χ2v) is 6.07. The van der Waals surface area contributed by atoms with Crippen LogP contribution in [0.2, 0.25) is 0 Å². The van der Waals surface area contributed by atoms with E-state index in [0.717, 1.165) is 30.3 Å². The van der Waals surface area contributed by atoms with E-state index >= 15 is 0 Å². The summed E-state index contributed by atoms with van der Waals surface area (Å²) in [6.45, 7) is 0. The minimum atomic E-state index is -4.57. The average Bonchev–Trinajstić information content (AvgIpc) is 2.70. The number of ether oxygens (including phenoxy) is 2. The number of halogens is 5. The molecule has 0 bridgehead atoms. The molecule has 0 aliphatic heterocycles. The van der Waals surface area contributed by atoms with Gasteiger partial charge in [0.05, 0.1) is 23.9 Å². The third-order valence-corrected chi connectivity index (χ3v) is 4.00. The van der Waals surface area contributed by atoms with Crippen LogP contribution in [0.1, 0.15) is 15.9 Å². The predicted octanol–water partition coefficient (Wildman–Crippen LogP) is 6.04. The molecular weight excluding hydrogens is 409 g/mol. The van der Waals surface area contributed by atoms with Crippen LogP contribution in [0.5, 0.6) is 17.2 Å². The minimum absolute atomic E-state index is 0.0878. The standard InChI is InChI=1S/C21H14F5NO3/c1-29-14-6-8-19(30-15-4-2-3-12(9-15)21(24,25)26)16(11-14)20(28)27-18-7-5-13(22)10-17(18)23/h2-11H,1H3,(H,27,28). The van der Waals surface area contributed by atoms with Crippen molar-refractivity contribution in [2.24, 2.45) is 0 Å². The number of nitrogens with one attached hydrogen (secondary N) is 1. The molecule has 0 spiro atoms. The van der Waals surface area contributed by atoms with Gasteiger partial charge in [0, 0.05) is 6.07 Å². The molecule has 3 aromatic carbocycles. The predicted molar refractivity (Wildman–Crippen MR) is 98.8 cm³/mol. The van der Waals surface area contributed by atoms with E-state index in [2.05, 4.69) is 5.32 Å². The van der Waals surface area contributed by atoms with Gasteiger partial charge >= 0.3 is 6.18 Å². The Kier molecular flexibility index (Phi) is 5.91. The fraction of sp³-hybridized carbons (Fsp3) is 0.0952. The van der Waals surface area contributed by atoms with Crippen LogP contribution >= 0.6 is 0 Å². The SMILES string of the molecule is COc1ccc(Oc2cccc(C(F)(F)F)c2)c(C(=O)Nc2ccc(F)cc2F)c1. The van der Waals surface area contributed by atoms with Crippen molar-refractivity contribution in [1.82, 2.24) is 0 Å². The molecule has 0 saturated carbocycles. The lowest BCUT2D eigenvalue weighted by atomic mass is 10.1. The fourth-order valence-corrected chi connectivity index (χ4v) is 2.55. The normalized spacial score (nSPS) is 11.1. The molecular formula is C21H14F5NO3. The number of hydrogen-bond donors (Lipinski definition) is 1. The summed E-state index contributed by atoms with van der Waals surface area (Å²) in [7, 11) is 1.35. The van der Waals surface area contributed by atoms with E-state index in [4.69, 9.17) is 9.47 Å². The third-order valence-electron chi connectivity index (χ3n) is 4.00. The van der Waals surface area contributed by atoms with Crippen molar-refractivity contribution >= 4 is 11.6 Å². The zero-order valence-electron chi connectivity index (χ0n) is 15.4. The quantitative estimate of drug-likeness (QED) is 0.510. The van der Waals surface area contributed by atoms with Crippen molar-refractivity contribution in [2.75, 3.05) is 12.4 Å². The maximum absolute atomic E-state index is 13.9. The molecule has 3 aromatic rings. The van der Waals surface area contributed by atoms with Gasteiger partial charge in [-0.2, -0.15) is 13.2 Å². The highest BCUT2D eigenvalue weighted by Gasteiger charge is 2.30. The van der Waals surface area contributed by atoms with E-state index in [1.165, 1.54) is 31.4 Å². The fourth-order valence-electron chi connectivity index (χ4n) is 2.55. The van der Waals surface area contributed by atoms with Crippen molar-refractivity contribution in [2.45, 2.75) is 6.18 Å². The number of benzene rings is 3. The molecule has 0 atom stereocenters. The number of carbonyl (C=O) groups is 1. The summed E-state index contributed by atoms with van der Waals surface area (Å²) in [6, 6.07) is 10.8. The molecule has 0 heterocycles. The summed E-state index contributed by atoms with van der Waals surface area (Å²) in [5, 5.41) is 2.27. The van der Waals surface area contributed by atoms with Crippen molar-refractivity contribution in [3.05, 3.63) is 83.4 Å². The molecule has 1 N–H and O–H groups in total. The first-order chi connectivity index (χ1) is 14.2. The van der Waals surface area contributed by atoms with Gasteiger partial charge in [0.25, 0.3) is 5.91 Å². The number of anilines is 1. The highest BCUT2D eigenvalue weighted by molar-refractivity contribution is 6.06. The molecule has 0 unspecified atom stereocenters. The molecule has 156 valence electrons. The molecule has 0 fully saturated rings. The van der Waals surface area contributed by atoms with E-state index in [-0.39, 0.29) is 28.5 Å². The summed E-state index contributed by atoms with van der Waals surface area (Å²) in [5.74, 6) is -2.63. The highest BCUT2D eigenvalue weighted by atomic mass is 19.4. The number of rotatable bonds is 5. The summed E-state index contributed by atoms with van der Waals surface area (Å²) < 4.78 is 76.2. The molecule has 0 aliphatic carbocycles. The van der Waals surface area contributed by atoms with Crippen LogP contribution in [-0.2, 0) is 6.18 Å². The molecule has 4 nitrogen and oxygen atoms in total. The zero-order valence-corrected chi connectivity index (χ0v) is 15.4. The first kappa shape index (κ1) is 21.1. The second-order valence-electron chi connectivity index (χ2n) is 6.07. The van der Waals surface area contributed by atoms with Gasteiger partial charge in [0.2, 0.25) is 0 Å². The van der Waals surface area contributed by atoms with Crippen LogP contribution in [0.25, 0.3) is 0 Å². The Morgan fingerprint density at radius 2 is 1.70 bits per heavy atom. The minimum Gasteiger partial charge on any atom is -0.497 e. The molecule has 1 amide bonds. The number of methoxy groups -OCH3 is 1. The van der Waals surface area contributed by atoms with Gasteiger partial charge in [0.1, 0.15) is 28.9 Å². The van der Waals surface area contributed by atoms with Crippen LogP contribution in [0.15, 0.2) is 60.7 Å². The van der Waals surface area contributed by atoms with Crippen molar-refractivity contribution in [3.8, 4) is 17.2 Å². The molecule has 0 saturated heterocycles. The van der Waals surface area contributed by atoms with E-state index in [0.29, 0.717) is 6.07 Å². The smallest absolute Gasteiger partial charge is 0.416 e. The highest BCUT2D eigenvalue weighted by Crippen LogP contribution is 2.34. The lowest BCUT2D eigenvalue weighted by Crippen LogP contribution is -2.14. The Morgan fingerprint density at radius 3 is 2.37 bits per heavy atom. The van der Waals surface area contributed by atoms with Crippen LogP contribution < -0.4 is 14.8 Å². The van der Waals surface area contributed by atoms with Gasteiger partial charge < -0.3 is 14.8 Å². The van der Waals surface area contributed by atoms with Crippen molar-refractivity contribution in [1.29, 1.82) is 0 Å². The van der Waals surface area contributed by atoms with E-state index in [9.17, 15) is 26.7 Å². The lowest BCUT2D eigenvalue weighted by molar-refractivity contribution is -0.137. The maximum atomic E-state index is 13.9.